The predicted octanol–water partition coefficient (Wildman–Crippen LogP) is 4.18. The quantitative estimate of drug-likeness (QED) is 0.443. The third-order valence-corrected chi connectivity index (χ3v) is 7.21. The number of carbonyl (C=O) groups excluding carboxylic acids is 1. The Bertz CT molecular complexity index is 1280. The van der Waals surface area contributed by atoms with Crippen molar-refractivity contribution in [2.24, 2.45) is 11.7 Å². The third kappa shape index (κ3) is 5.45. The van der Waals surface area contributed by atoms with Crippen molar-refractivity contribution in [1.29, 1.82) is 0 Å². The average Bonchev–Trinajstić information content (AvgIpc) is 3.21. The molecule has 2 aliphatic rings. The lowest BCUT2D eigenvalue weighted by molar-refractivity contribution is -0.141. The maximum absolute atomic E-state index is 13.2. The lowest BCUT2D eigenvalue weighted by Crippen LogP contribution is -2.41. The highest BCUT2D eigenvalue weighted by atomic mass is 19.4. The number of primary amides is 1. The number of imidazole rings is 1. The van der Waals surface area contributed by atoms with Crippen LogP contribution in [0, 0.1) is 5.92 Å². The molecule has 3 aromatic rings. The van der Waals surface area contributed by atoms with Crippen molar-refractivity contribution < 1.29 is 22.7 Å². The van der Waals surface area contributed by atoms with Gasteiger partial charge in [0, 0.05) is 42.6 Å². The van der Waals surface area contributed by atoms with Gasteiger partial charge in [-0.05, 0) is 57.6 Å². The Morgan fingerprint density at radius 3 is 2.57 bits per heavy atom. The number of hydrogen-bond acceptors (Lipinski definition) is 8. The second-order valence-electron chi connectivity index (χ2n) is 9.97. The fourth-order valence-corrected chi connectivity index (χ4v) is 5.01. The normalized spacial score (nSPS) is 22.1. The second kappa shape index (κ2) is 9.77. The van der Waals surface area contributed by atoms with Crippen LogP contribution in [0.5, 0.6) is 0 Å². The van der Waals surface area contributed by atoms with Crippen molar-refractivity contribution in [3.8, 4) is 0 Å². The van der Waals surface area contributed by atoms with Crippen LogP contribution in [0.15, 0.2) is 24.5 Å². The number of fused-ring (bicyclic) bond motifs is 1. The molecular formula is C24H29F3N8O2. The van der Waals surface area contributed by atoms with E-state index in [1.165, 1.54) is 6.07 Å². The number of amides is 1. The number of anilines is 3. The van der Waals surface area contributed by atoms with E-state index in [2.05, 4.69) is 32.5 Å². The highest BCUT2D eigenvalue weighted by molar-refractivity contribution is 5.78. The molecule has 4 heterocycles. The van der Waals surface area contributed by atoms with Crippen LogP contribution < -0.4 is 16.4 Å². The molecule has 198 valence electrons. The number of nitrogens with two attached hydrogens (primary N) is 1. The molecule has 0 radical (unpaired) electrons. The number of aromatic nitrogens is 5. The molecule has 0 unspecified atom stereocenters. The fourth-order valence-electron chi connectivity index (χ4n) is 5.01. The van der Waals surface area contributed by atoms with E-state index >= 15 is 0 Å². The van der Waals surface area contributed by atoms with Gasteiger partial charge in [-0.3, -0.25) is 14.3 Å². The summed E-state index contributed by atoms with van der Waals surface area (Å²) >= 11 is 0. The molecule has 0 spiro atoms. The molecule has 0 bridgehead atoms. The first-order chi connectivity index (χ1) is 17.6. The Labute approximate surface area is 211 Å². The van der Waals surface area contributed by atoms with Gasteiger partial charge < -0.3 is 21.1 Å². The van der Waals surface area contributed by atoms with Crippen LogP contribution in [0.25, 0.3) is 11.2 Å². The van der Waals surface area contributed by atoms with Crippen molar-refractivity contribution in [2.45, 2.75) is 63.2 Å². The molecule has 13 heteroatoms. The van der Waals surface area contributed by atoms with Gasteiger partial charge in [-0.2, -0.15) is 18.2 Å². The van der Waals surface area contributed by atoms with Crippen LogP contribution in [-0.4, -0.2) is 49.2 Å². The van der Waals surface area contributed by atoms with Gasteiger partial charge in [0.05, 0.1) is 6.20 Å². The van der Waals surface area contributed by atoms with Gasteiger partial charge in [0.15, 0.2) is 5.65 Å². The number of nitrogens with zero attached hydrogens (tertiary/aromatic N) is 5. The Hall–Kier alpha value is -3.48. The van der Waals surface area contributed by atoms with Gasteiger partial charge >= 0.3 is 6.18 Å². The summed E-state index contributed by atoms with van der Waals surface area (Å²) in [5.74, 6) is 0.277. The molecule has 10 nitrogen and oxygen atoms in total. The van der Waals surface area contributed by atoms with Crippen LogP contribution in [0.4, 0.5) is 30.8 Å². The van der Waals surface area contributed by atoms with Crippen LogP contribution in [0.2, 0.25) is 0 Å². The maximum Gasteiger partial charge on any atom is 0.433 e. The van der Waals surface area contributed by atoms with Gasteiger partial charge in [0.1, 0.15) is 11.2 Å². The van der Waals surface area contributed by atoms with E-state index in [1.54, 1.807) is 6.20 Å². The molecule has 3 aromatic heterocycles. The molecule has 1 saturated carbocycles. The van der Waals surface area contributed by atoms with E-state index in [0.29, 0.717) is 62.0 Å². The highest BCUT2D eigenvalue weighted by Crippen LogP contribution is 2.38. The molecule has 0 aromatic carbocycles. The van der Waals surface area contributed by atoms with Crippen molar-refractivity contribution >= 4 is 34.7 Å². The molecule has 2 fully saturated rings. The number of halogens is 3. The summed E-state index contributed by atoms with van der Waals surface area (Å²) in [5, 5.41) is 6.46. The Balaban J connectivity index is 1.51. The van der Waals surface area contributed by atoms with Gasteiger partial charge in [-0.25, -0.2) is 9.97 Å². The first-order valence-electron chi connectivity index (χ1n) is 12.3. The topological polar surface area (TPSA) is 133 Å². The van der Waals surface area contributed by atoms with E-state index in [4.69, 9.17) is 15.5 Å². The lowest BCUT2D eigenvalue weighted by Gasteiger charge is -2.34. The van der Waals surface area contributed by atoms with Gasteiger partial charge in [-0.15, -0.1) is 0 Å². The molecule has 1 saturated heterocycles. The van der Waals surface area contributed by atoms with Crippen molar-refractivity contribution in [2.75, 3.05) is 23.8 Å². The summed E-state index contributed by atoms with van der Waals surface area (Å²) in [4.78, 5) is 29.0. The maximum atomic E-state index is 13.2. The van der Waals surface area contributed by atoms with Crippen LogP contribution in [0.3, 0.4) is 0 Å². The predicted molar refractivity (Wildman–Crippen MR) is 130 cm³/mol. The molecule has 1 amide bonds. The fraction of sp³-hybridized carbons (Fsp3) is 0.542. The molecule has 37 heavy (non-hydrogen) atoms. The number of ether oxygens (including phenoxy) is 1. The van der Waals surface area contributed by atoms with E-state index in [1.807, 2.05) is 4.57 Å². The van der Waals surface area contributed by atoms with Gasteiger partial charge in [0.25, 0.3) is 0 Å². The number of pyridine rings is 1. The summed E-state index contributed by atoms with van der Waals surface area (Å²) < 4.78 is 47.1. The first kappa shape index (κ1) is 25.2. The molecular weight excluding hydrogens is 489 g/mol. The van der Waals surface area contributed by atoms with Crippen LogP contribution in [-0.2, 0) is 15.7 Å². The standard InChI is InChI=1S/C24H29F3N8O2/c1-23(7-10-37-11-8-23)34-21-30-13-17-20(33-21)35(16-4-2-14(3-5-16)19(28)36)22(32-17)31-15-6-9-29-18(12-15)24(25,26)27/h6,9,12-14,16H,2-5,7-8,10-11H2,1H3,(H2,28,36)(H,29,31,32)(H,30,33,34). The number of rotatable bonds is 6. The van der Waals surface area contributed by atoms with Gasteiger partial charge in [-0.1, -0.05) is 0 Å². The zero-order valence-corrected chi connectivity index (χ0v) is 20.4. The molecule has 4 N–H and O–H groups in total. The number of alkyl halides is 3. The molecule has 1 aliphatic carbocycles. The third-order valence-electron chi connectivity index (χ3n) is 7.21. The first-order valence-corrected chi connectivity index (χ1v) is 12.3. The largest absolute Gasteiger partial charge is 0.433 e. The van der Waals surface area contributed by atoms with E-state index in [0.717, 1.165) is 25.1 Å². The summed E-state index contributed by atoms with van der Waals surface area (Å²) in [7, 11) is 0. The molecule has 1 aliphatic heterocycles. The van der Waals surface area contributed by atoms with Crippen molar-refractivity contribution in [3.63, 3.8) is 0 Å². The van der Waals surface area contributed by atoms with Crippen molar-refractivity contribution in [3.05, 3.63) is 30.2 Å². The summed E-state index contributed by atoms with van der Waals surface area (Å²) in [5.41, 5.74) is 5.56. The highest BCUT2D eigenvalue weighted by Gasteiger charge is 2.33. The van der Waals surface area contributed by atoms with Crippen molar-refractivity contribution in [1.82, 2.24) is 24.5 Å². The van der Waals surface area contributed by atoms with Crippen LogP contribution in [0.1, 0.15) is 57.2 Å². The molecule has 0 atom stereocenters. The smallest absolute Gasteiger partial charge is 0.381 e. The lowest BCUT2D eigenvalue weighted by atomic mass is 9.85. The minimum Gasteiger partial charge on any atom is -0.381 e. The monoisotopic (exact) mass is 518 g/mol. The summed E-state index contributed by atoms with van der Waals surface area (Å²) in [6.07, 6.45) is 2.28. The average molecular weight is 519 g/mol. The Morgan fingerprint density at radius 2 is 1.89 bits per heavy atom. The minimum atomic E-state index is -4.57. The van der Waals surface area contributed by atoms with E-state index < -0.39 is 11.9 Å². The summed E-state index contributed by atoms with van der Waals surface area (Å²) in [6.45, 7) is 3.39. The summed E-state index contributed by atoms with van der Waals surface area (Å²) in [6, 6.07) is 2.32. The number of hydrogen-bond donors (Lipinski definition) is 3. The van der Waals surface area contributed by atoms with E-state index in [9.17, 15) is 18.0 Å². The number of carbonyl (C=O) groups is 1. The van der Waals surface area contributed by atoms with Gasteiger partial charge in [0.2, 0.25) is 17.8 Å². The Morgan fingerprint density at radius 1 is 1.16 bits per heavy atom. The van der Waals surface area contributed by atoms with E-state index in [-0.39, 0.29) is 29.1 Å². The van der Waals surface area contributed by atoms with Crippen LogP contribution >= 0.6 is 0 Å². The second-order valence-corrected chi connectivity index (χ2v) is 9.97. The zero-order chi connectivity index (χ0) is 26.2. The Kier molecular flexibility index (Phi) is 6.65. The molecule has 5 rings (SSSR count). The zero-order valence-electron chi connectivity index (χ0n) is 20.4. The SMILES string of the molecule is CC1(Nc2ncc3nc(Nc4ccnc(C(F)(F)F)c4)n(C4CCC(C(N)=O)CC4)c3n2)CCOCC1. The number of nitrogens with one attached hydrogen (secondary N) is 2. The minimum absolute atomic E-state index is 0.0755.